The molecule has 5 rings (SSSR count). The van der Waals surface area contributed by atoms with Gasteiger partial charge in [-0.05, 0) is 90.8 Å². The Kier molecular flexibility index (Phi) is 7.10. The number of hydrogen-bond acceptors (Lipinski definition) is 3. The summed E-state index contributed by atoms with van der Waals surface area (Å²) >= 11 is 0. The number of piperidine rings is 1. The summed E-state index contributed by atoms with van der Waals surface area (Å²) < 4.78 is 44.6. The molecule has 1 saturated heterocycles. The molecule has 3 aromatic rings. The van der Waals surface area contributed by atoms with Crippen molar-refractivity contribution in [1.29, 1.82) is 0 Å². The molecule has 0 bridgehead atoms. The zero-order valence-electron chi connectivity index (χ0n) is 21.1. The second kappa shape index (κ2) is 10.3. The van der Waals surface area contributed by atoms with Crippen molar-refractivity contribution >= 4 is 11.6 Å². The number of aryl methyl sites for hydroxylation is 1. The van der Waals surface area contributed by atoms with Gasteiger partial charge in [-0.25, -0.2) is 0 Å². The number of nitrogens with one attached hydrogen (secondary N) is 1. The van der Waals surface area contributed by atoms with Gasteiger partial charge in [-0.2, -0.15) is 13.2 Å². The van der Waals surface area contributed by atoms with Crippen molar-refractivity contribution in [2.45, 2.75) is 50.9 Å². The fraction of sp³-hybridized carbons (Fsp3) is 0.367. The van der Waals surface area contributed by atoms with Crippen LogP contribution in [-0.2, 0) is 23.8 Å². The number of carbonyl (C=O) groups is 1. The fourth-order valence-electron chi connectivity index (χ4n) is 5.67. The number of fused-ring (bicyclic) bond motifs is 1. The van der Waals surface area contributed by atoms with Crippen LogP contribution in [0.1, 0.15) is 45.5 Å². The van der Waals surface area contributed by atoms with Gasteiger partial charge in [-0.1, -0.05) is 30.3 Å². The second-order valence-corrected chi connectivity index (χ2v) is 10.0. The largest absolute Gasteiger partial charge is 0.416 e. The molecule has 1 atom stereocenters. The Labute approximate surface area is 215 Å². The van der Waals surface area contributed by atoms with Crippen LogP contribution in [0.4, 0.5) is 18.9 Å². The first-order valence-electron chi connectivity index (χ1n) is 12.7. The van der Waals surface area contributed by atoms with Gasteiger partial charge in [0.15, 0.2) is 0 Å². The normalized spacial score (nSPS) is 18.6. The van der Waals surface area contributed by atoms with Crippen molar-refractivity contribution in [2.24, 2.45) is 0 Å². The number of halogens is 3. The van der Waals surface area contributed by atoms with Crippen LogP contribution in [0, 0.1) is 6.92 Å². The van der Waals surface area contributed by atoms with Crippen molar-refractivity contribution in [3.8, 4) is 11.1 Å². The van der Waals surface area contributed by atoms with E-state index in [1.807, 2.05) is 19.1 Å². The fourth-order valence-corrected chi connectivity index (χ4v) is 5.67. The highest BCUT2D eigenvalue weighted by Crippen LogP contribution is 2.34. The minimum Gasteiger partial charge on any atom is -0.381 e. The number of methoxy groups -OCH3 is 1. The number of ether oxygens (including phenoxy) is 1. The summed E-state index contributed by atoms with van der Waals surface area (Å²) in [5.74, 6) is -0.283. The van der Waals surface area contributed by atoms with Crippen LogP contribution in [0.2, 0.25) is 0 Å². The summed E-state index contributed by atoms with van der Waals surface area (Å²) in [5, 5.41) is 3.02. The Balaban J connectivity index is 1.32. The number of hydrogen-bond donors (Lipinski definition) is 1. The third kappa shape index (κ3) is 5.43. The van der Waals surface area contributed by atoms with Crippen molar-refractivity contribution < 1.29 is 22.7 Å². The molecule has 194 valence electrons. The molecule has 2 aliphatic rings. The van der Waals surface area contributed by atoms with E-state index < -0.39 is 11.7 Å². The highest BCUT2D eigenvalue weighted by Gasteiger charge is 2.31. The SMILES string of the molecule is COC1CCN(C2Cc3ccc(NC(=O)c4cccc(C)c4-c4ccc(C(F)(F)F)cc4)cc3C2)CC1. The van der Waals surface area contributed by atoms with E-state index in [4.69, 9.17) is 4.74 Å². The topological polar surface area (TPSA) is 41.6 Å². The molecule has 0 radical (unpaired) electrons. The maximum Gasteiger partial charge on any atom is 0.416 e. The molecule has 1 amide bonds. The van der Waals surface area contributed by atoms with Gasteiger partial charge in [0.2, 0.25) is 0 Å². The molecule has 1 heterocycles. The highest BCUT2D eigenvalue weighted by atomic mass is 19.4. The van der Waals surface area contributed by atoms with Crippen LogP contribution in [0.25, 0.3) is 11.1 Å². The van der Waals surface area contributed by atoms with Crippen molar-refractivity contribution in [2.75, 3.05) is 25.5 Å². The maximum atomic E-state index is 13.3. The molecule has 7 heteroatoms. The van der Waals surface area contributed by atoms with Crippen LogP contribution in [0.15, 0.2) is 60.7 Å². The number of anilines is 1. The Morgan fingerprint density at radius 2 is 1.68 bits per heavy atom. The third-order valence-electron chi connectivity index (χ3n) is 7.72. The smallest absolute Gasteiger partial charge is 0.381 e. The molecule has 1 aliphatic heterocycles. The van der Waals surface area contributed by atoms with E-state index in [0.29, 0.717) is 28.8 Å². The first-order chi connectivity index (χ1) is 17.7. The van der Waals surface area contributed by atoms with E-state index in [-0.39, 0.29) is 5.91 Å². The molecule has 37 heavy (non-hydrogen) atoms. The minimum absolute atomic E-state index is 0.283. The molecule has 1 fully saturated rings. The second-order valence-electron chi connectivity index (χ2n) is 10.0. The quantitative estimate of drug-likeness (QED) is 0.427. The zero-order valence-corrected chi connectivity index (χ0v) is 21.1. The summed E-state index contributed by atoms with van der Waals surface area (Å²) in [4.78, 5) is 15.9. The van der Waals surface area contributed by atoms with Crippen LogP contribution in [-0.4, -0.2) is 43.2 Å². The molecule has 4 nitrogen and oxygen atoms in total. The molecule has 0 aromatic heterocycles. The molecule has 1 unspecified atom stereocenters. The van der Waals surface area contributed by atoms with Gasteiger partial charge in [-0.15, -0.1) is 0 Å². The third-order valence-corrected chi connectivity index (χ3v) is 7.72. The van der Waals surface area contributed by atoms with Gasteiger partial charge in [0.05, 0.1) is 11.7 Å². The molecule has 1 aliphatic carbocycles. The molecular formula is C30H31F3N2O2. The van der Waals surface area contributed by atoms with E-state index in [1.54, 1.807) is 19.2 Å². The number of alkyl halides is 3. The van der Waals surface area contributed by atoms with E-state index in [9.17, 15) is 18.0 Å². The lowest BCUT2D eigenvalue weighted by atomic mass is 9.93. The highest BCUT2D eigenvalue weighted by molar-refractivity contribution is 6.09. The van der Waals surface area contributed by atoms with Crippen LogP contribution < -0.4 is 5.32 Å². The molecular weight excluding hydrogens is 477 g/mol. The molecule has 0 spiro atoms. The van der Waals surface area contributed by atoms with Crippen molar-refractivity contribution in [3.05, 3.63) is 88.5 Å². The van der Waals surface area contributed by atoms with Gasteiger partial charge in [-0.3, -0.25) is 9.69 Å². The summed E-state index contributed by atoms with van der Waals surface area (Å²) in [6.07, 6.45) is 0.0352. The number of nitrogens with zero attached hydrogens (tertiary/aromatic N) is 1. The average Bonchev–Trinajstić information content (AvgIpc) is 3.31. The summed E-state index contributed by atoms with van der Waals surface area (Å²) in [5.41, 5.74) is 5.04. The number of likely N-dealkylation sites (tertiary alicyclic amines) is 1. The lowest BCUT2D eigenvalue weighted by Gasteiger charge is -2.35. The monoisotopic (exact) mass is 508 g/mol. The lowest BCUT2D eigenvalue weighted by Crippen LogP contribution is -2.43. The predicted molar refractivity (Wildman–Crippen MR) is 139 cm³/mol. The summed E-state index contributed by atoms with van der Waals surface area (Å²) in [6, 6.07) is 16.9. The average molecular weight is 509 g/mol. The first-order valence-corrected chi connectivity index (χ1v) is 12.7. The first kappa shape index (κ1) is 25.5. The van der Waals surface area contributed by atoms with Gasteiger partial charge in [0.25, 0.3) is 5.91 Å². The van der Waals surface area contributed by atoms with Crippen LogP contribution >= 0.6 is 0 Å². The zero-order chi connectivity index (χ0) is 26.2. The van der Waals surface area contributed by atoms with Gasteiger partial charge >= 0.3 is 6.18 Å². The standard InChI is InChI=1S/C30H31F3N2O2/c1-19-4-3-5-27(28(19)20-6-9-23(10-7-20)30(31,32)33)29(36)34-24-11-8-21-17-25(18-22(21)16-24)35-14-12-26(37-2)13-15-35/h3-11,16,25-26H,12-15,17-18H2,1-2H3,(H,34,36). The van der Waals surface area contributed by atoms with Crippen molar-refractivity contribution in [1.82, 2.24) is 4.90 Å². The van der Waals surface area contributed by atoms with Crippen LogP contribution in [0.3, 0.4) is 0 Å². The summed E-state index contributed by atoms with van der Waals surface area (Å²) in [7, 11) is 1.78. The Morgan fingerprint density at radius 3 is 2.35 bits per heavy atom. The molecule has 3 aromatic carbocycles. The van der Waals surface area contributed by atoms with Crippen molar-refractivity contribution in [3.63, 3.8) is 0 Å². The van der Waals surface area contributed by atoms with E-state index in [2.05, 4.69) is 22.3 Å². The predicted octanol–water partition coefficient (Wildman–Crippen LogP) is 6.51. The Bertz CT molecular complexity index is 1280. The van der Waals surface area contributed by atoms with Gasteiger partial charge in [0.1, 0.15) is 0 Å². The van der Waals surface area contributed by atoms with Crippen LogP contribution in [0.5, 0.6) is 0 Å². The Hall–Kier alpha value is -3.16. The maximum absolute atomic E-state index is 13.3. The minimum atomic E-state index is -4.41. The summed E-state index contributed by atoms with van der Waals surface area (Å²) in [6.45, 7) is 3.94. The number of benzene rings is 3. The van der Waals surface area contributed by atoms with Gasteiger partial charge in [0, 0.05) is 37.5 Å². The number of amides is 1. The van der Waals surface area contributed by atoms with E-state index in [0.717, 1.165) is 62.2 Å². The Morgan fingerprint density at radius 1 is 0.973 bits per heavy atom. The molecule has 0 saturated carbocycles. The van der Waals surface area contributed by atoms with E-state index in [1.165, 1.54) is 23.3 Å². The lowest BCUT2D eigenvalue weighted by molar-refractivity contribution is -0.137. The van der Waals surface area contributed by atoms with E-state index >= 15 is 0 Å². The number of rotatable bonds is 5. The number of carbonyl (C=O) groups excluding carboxylic acids is 1. The molecule has 1 N–H and O–H groups in total. The van der Waals surface area contributed by atoms with Gasteiger partial charge < -0.3 is 10.1 Å².